The number of ether oxygens (including phenoxy) is 1. The number of alkyl halides is 3. The molecule has 1 saturated heterocycles. The Balaban J connectivity index is 2.02. The molecule has 0 unspecified atom stereocenters. The Bertz CT molecular complexity index is 486. The second-order valence-corrected chi connectivity index (χ2v) is 5.16. The maximum atomic E-state index is 12.7. The fraction of sp³-hybridized carbons (Fsp3) is 0.538. The minimum atomic E-state index is -4.32. The lowest BCUT2D eigenvalue weighted by Gasteiger charge is -2.35. The summed E-state index contributed by atoms with van der Waals surface area (Å²) in [5.41, 5.74) is -0.223. The Kier molecular flexibility index (Phi) is 2.39. The Morgan fingerprint density at radius 1 is 1.39 bits per heavy atom. The third kappa shape index (κ3) is 1.68. The molecule has 2 nitrogen and oxygen atoms in total. The molecule has 0 bridgehead atoms. The highest BCUT2D eigenvalue weighted by Crippen LogP contribution is 2.48. The topological polar surface area (TPSA) is 21.3 Å². The van der Waals surface area contributed by atoms with Crippen LogP contribution in [0.25, 0.3) is 0 Å². The van der Waals surface area contributed by atoms with E-state index in [1.807, 2.05) is 6.92 Å². The monoisotopic (exact) mass is 257 g/mol. The third-order valence-corrected chi connectivity index (χ3v) is 3.80. The quantitative estimate of drug-likeness (QED) is 0.770. The van der Waals surface area contributed by atoms with E-state index in [1.165, 1.54) is 6.07 Å². The maximum absolute atomic E-state index is 12.7. The second-order valence-electron chi connectivity index (χ2n) is 5.16. The van der Waals surface area contributed by atoms with E-state index >= 15 is 0 Å². The first-order valence-electron chi connectivity index (χ1n) is 6.04. The Morgan fingerprint density at radius 2 is 2.17 bits per heavy atom. The van der Waals surface area contributed by atoms with Crippen LogP contribution in [0.2, 0.25) is 0 Å². The molecule has 0 amide bonds. The first-order valence-corrected chi connectivity index (χ1v) is 6.04. The van der Waals surface area contributed by atoms with Crippen molar-refractivity contribution in [3.63, 3.8) is 0 Å². The third-order valence-electron chi connectivity index (χ3n) is 3.80. The van der Waals surface area contributed by atoms with Crippen LogP contribution in [0.1, 0.15) is 36.9 Å². The zero-order chi connectivity index (χ0) is 13.0. The zero-order valence-corrected chi connectivity index (χ0v) is 9.97. The molecule has 1 fully saturated rings. The van der Waals surface area contributed by atoms with Gasteiger partial charge in [0.1, 0.15) is 11.4 Å². The van der Waals surface area contributed by atoms with Crippen LogP contribution in [-0.2, 0) is 6.18 Å². The highest BCUT2D eigenvalue weighted by Gasteiger charge is 2.47. The SMILES string of the molecule is C[C@]12CCCN[C@H]1c1ccc(C(F)(F)F)cc1O2. The predicted molar refractivity (Wildman–Crippen MR) is 60.5 cm³/mol. The number of piperidine rings is 1. The number of fused-ring (bicyclic) bond motifs is 3. The number of hydrogen-bond acceptors (Lipinski definition) is 2. The fourth-order valence-corrected chi connectivity index (χ4v) is 2.88. The second kappa shape index (κ2) is 3.63. The number of rotatable bonds is 0. The first-order chi connectivity index (χ1) is 8.40. The van der Waals surface area contributed by atoms with E-state index in [-0.39, 0.29) is 6.04 Å². The summed E-state index contributed by atoms with van der Waals surface area (Å²) in [5, 5.41) is 3.33. The smallest absolute Gasteiger partial charge is 0.416 e. The molecule has 0 saturated carbocycles. The van der Waals surface area contributed by atoms with Gasteiger partial charge in [-0.3, -0.25) is 0 Å². The van der Waals surface area contributed by atoms with Gasteiger partial charge in [-0.05, 0) is 38.4 Å². The van der Waals surface area contributed by atoms with Crippen LogP contribution in [0, 0.1) is 0 Å². The van der Waals surface area contributed by atoms with Crippen molar-refractivity contribution in [2.75, 3.05) is 6.54 Å². The van der Waals surface area contributed by atoms with Gasteiger partial charge in [0.05, 0.1) is 11.6 Å². The lowest BCUT2D eigenvalue weighted by Crippen LogP contribution is -2.46. The minimum Gasteiger partial charge on any atom is -0.485 e. The molecular weight excluding hydrogens is 243 g/mol. The molecule has 2 aliphatic heterocycles. The average molecular weight is 257 g/mol. The van der Waals surface area contributed by atoms with Gasteiger partial charge < -0.3 is 10.1 Å². The number of nitrogens with one attached hydrogen (secondary N) is 1. The summed E-state index contributed by atoms with van der Waals surface area (Å²) >= 11 is 0. The first kappa shape index (κ1) is 11.8. The van der Waals surface area contributed by atoms with Crippen molar-refractivity contribution in [3.8, 4) is 5.75 Å². The Hall–Kier alpha value is -1.23. The average Bonchev–Trinajstić information content (AvgIpc) is 2.58. The van der Waals surface area contributed by atoms with Crippen molar-refractivity contribution in [1.82, 2.24) is 5.32 Å². The van der Waals surface area contributed by atoms with E-state index in [1.54, 1.807) is 0 Å². The molecule has 2 aliphatic rings. The Morgan fingerprint density at radius 3 is 2.89 bits per heavy atom. The molecule has 98 valence electrons. The van der Waals surface area contributed by atoms with E-state index in [0.717, 1.165) is 37.1 Å². The van der Waals surface area contributed by atoms with Crippen LogP contribution in [0.3, 0.4) is 0 Å². The molecule has 0 aromatic heterocycles. The number of benzene rings is 1. The van der Waals surface area contributed by atoms with Crippen LogP contribution in [0.4, 0.5) is 13.2 Å². The van der Waals surface area contributed by atoms with Crippen molar-refractivity contribution < 1.29 is 17.9 Å². The molecule has 0 aliphatic carbocycles. The molecule has 1 N–H and O–H groups in total. The van der Waals surface area contributed by atoms with Crippen LogP contribution in [0.5, 0.6) is 5.75 Å². The van der Waals surface area contributed by atoms with E-state index in [4.69, 9.17) is 4.74 Å². The number of hydrogen-bond donors (Lipinski definition) is 1. The van der Waals surface area contributed by atoms with Crippen molar-refractivity contribution in [2.45, 2.75) is 37.6 Å². The highest BCUT2D eigenvalue weighted by atomic mass is 19.4. The van der Waals surface area contributed by atoms with Gasteiger partial charge >= 0.3 is 6.18 Å². The molecule has 2 atom stereocenters. The molecule has 0 spiro atoms. The molecule has 0 radical (unpaired) electrons. The van der Waals surface area contributed by atoms with Gasteiger partial charge in [0.2, 0.25) is 0 Å². The normalized spacial score (nSPS) is 30.6. The van der Waals surface area contributed by atoms with Gasteiger partial charge in [-0.1, -0.05) is 6.07 Å². The van der Waals surface area contributed by atoms with Crippen molar-refractivity contribution in [3.05, 3.63) is 29.3 Å². The molecule has 1 aromatic rings. The molecule has 18 heavy (non-hydrogen) atoms. The van der Waals surface area contributed by atoms with Crippen molar-refractivity contribution in [1.29, 1.82) is 0 Å². The van der Waals surface area contributed by atoms with Crippen LogP contribution < -0.4 is 10.1 Å². The van der Waals surface area contributed by atoms with Gasteiger partial charge in [-0.2, -0.15) is 13.2 Å². The van der Waals surface area contributed by atoms with Gasteiger partial charge in [-0.15, -0.1) is 0 Å². The summed E-state index contributed by atoms with van der Waals surface area (Å²) in [5.74, 6) is 0.367. The molecular formula is C13H14F3NO. The predicted octanol–water partition coefficient (Wildman–Crippen LogP) is 3.28. The molecule has 1 aromatic carbocycles. The van der Waals surface area contributed by atoms with E-state index in [0.29, 0.717) is 5.75 Å². The standard InChI is InChI=1S/C13H14F3NO/c1-12-5-2-6-17-11(12)9-4-3-8(13(14,15)16)7-10(9)18-12/h3-4,7,11,17H,2,5-6H2,1H3/t11-,12-/m0/s1. The summed E-state index contributed by atoms with van der Waals surface area (Å²) in [7, 11) is 0. The lowest BCUT2D eigenvalue weighted by atomic mass is 9.85. The molecule has 3 rings (SSSR count). The maximum Gasteiger partial charge on any atom is 0.416 e. The van der Waals surface area contributed by atoms with Crippen LogP contribution in [-0.4, -0.2) is 12.1 Å². The summed E-state index contributed by atoms with van der Waals surface area (Å²) in [6.07, 6.45) is -2.48. The summed E-state index contributed by atoms with van der Waals surface area (Å²) in [6.45, 7) is 2.83. The van der Waals surface area contributed by atoms with Crippen molar-refractivity contribution >= 4 is 0 Å². The molecule has 5 heteroatoms. The van der Waals surface area contributed by atoms with Gasteiger partial charge in [-0.25, -0.2) is 0 Å². The molecule has 2 heterocycles. The summed E-state index contributed by atoms with van der Waals surface area (Å²) in [4.78, 5) is 0. The zero-order valence-electron chi connectivity index (χ0n) is 9.97. The minimum absolute atomic E-state index is 0.00327. The lowest BCUT2D eigenvalue weighted by molar-refractivity contribution is -0.137. The van der Waals surface area contributed by atoms with E-state index in [9.17, 15) is 13.2 Å². The fourth-order valence-electron chi connectivity index (χ4n) is 2.88. The van der Waals surface area contributed by atoms with Crippen LogP contribution >= 0.6 is 0 Å². The largest absolute Gasteiger partial charge is 0.485 e. The van der Waals surface area contributed by atoms with Crippen LogP contribution in [0.15, 0.2) is 18.2 Å². The highest BCUT2D eigenvalue weighted by molar-refractivity contribution is 5.46. The van der Waals surface area contributed by atoms with E-state index < -0.39 is 17.3 Å². The Labute approximate surface area is 103 Å². The summed E-state index contributed by atoms with van der Waals surface area (Å²) in [6, 6.07) is 3.78. The van der Waals surface area contributed by atoms with E-state index in [2.05, 4.69) is 5.32 Å². The van der Waals surface area contributed by atoms with Crippen molar-refractivity contribution in [2.24, 2.45) is 0 Å². The van der Waals surface area contributed by atoms with Gasteiger partial charge in [0, 0.05) is 5.56 Å². The van der Waals surface area contributed by atoms with Gasteiger partial charge in [0.25, 0.3) is 0 Å². The summed E-state index contributed by atoms with van der Waals surface area (Å²) < 4.78 is 43.7. The number of halogens is 3. The van der Waals surface area contributed by atoms with Gasteiger partial charge in [0.15, 0.2) is 0 Å².